The van der Waals surface area contributed by atoms with Crippen LogP contribution in [0.2, 0.25) is 0 Å². The molecule has 0 amide bonds. The molecule has 1 heteroatoms. The summed E-state index contributed by atoms with van der Waals surface area (Å²) < 4.78 is 0. The van der Waals surface area contributed by atoms with Gasteiger partial charge in [0.25, 0.3) is 0 Å². The molecule has 0 aliphatic heterocycles. The standard InChI is InChI=1S/C17H21N/c1-3-18(4-2)15-11-14-10-9-13-7-5-6-8-16(13)17(14)12-15/h5-10,15H,3-4,11-12H2,1-2H3/t15-/m1/s1. The summed E-state index contributed by atoms with van der Waals surface area (Å²) in [6.07, 6.45) is 2.44. The van der Waals surface area contributed by atoms with Crippen molar-refractivity contribution < 1.29 is 0 Å². The maximum Gasteiger partial charge on any atom is 0.0176 e. The number of benzene rings is 2. The molecular formula is C17H21N. The van der Waals surface area contributed by atoms with Crippen molar-refractivity contribution >= 4 is 10.8 Å². The SMILES string of the molecule is CCN(CC)[C@@H]1Cc2ccc3ccccc3c2C1. The molecule has 1 aliphatic rings. The Bertz CT molecular complexity index is 555. The molecule has 0 spiro atoms. The molecule has 0 aromatic heterocycles. The van der Waals surface area contributed by atoms with Crippen LogP contribution in [-0.2, 0) is 12.8 Å². The molecule has 0 fully saturated rings. The fourth-order valence-corrected chi connectivity index (χ4v) is 3.37. The van der Waals surface area contributed by atoms with Crippen molar-refractivity contribution in [3.63, 3.8) is 0 Å². The Kier molecular flexibility index (Phi) is 3.09. The molecule has 0 unspecified atom stereocenters. The lowest BCUT2D eigenvalue weighted by Gasteiger charge is -2.25. The van der Waals surface area contributed by atoms with Crippen LogP contribution in [-0.4, -0.2) is 24.0 Å². The molecule has 0 radical (unpaired) electrons. The van der Waals surface area contributed by atoms with Crippen molar-refractivity contribution in [3.8, 4) is 0 Å². The second-order valence-corrected chi connectivity index (χ2v) is 5.21. The van der Waals surface area contributed by atoms with E-state index in [4.69, 9.17) is 0 Å². The number of fused-ring (bicyclic) bond motifs is 3. The second kappa shape index (κ2) is 4.74. The van der Waals surface area contributed by atoms with Gasteiger partial charge in [-0.05, 0) is 47.8 Å². The van der Waals surface area contributed by atoms with Gasteiger partial charge in [-0.3, -0.25) is 0 Å². The molecule has 0 N–H and O–H groups in total. The van der Waals surface area contributed by atoms with Gasteiger partial charge in [0.2, 0.25) is 0 Å². The summed E-state index contributed by atoms with van der Waals surface area (Å²) in [5, 5.41) is 2.85. The molecule has 1 atom stereocenters. The lowest BCUT2D eigenvalue weighted by Crippen LogP contribution is -2.35. The number of nitrogens with zero attached hydrogens (tertiary/aromatic N) is 1. The number of rotatable bonds is 3. The van der Waals surface area contributed by atoms with E-state index in [0.717, 1.165) is 13.1 Å². The zero-order chi connectivity index (χ0) is 12.5. The lowest BCUT2D eigenvalue weighted by atomic mass is 10.0. The molecule has 18 heavy (non-hydrogen) atoms. The smallest absolute Gasteiger partial charge is 0.0176 e. The third-order valence-electron chi connectivity index (χ3n) is 4.36. The fraction of sp³-hybridized carbons (Fsp3) is 0.412. The van der Waals surface area contributed by atoms with E-state index in [1.807, 2.05) is 0 Å². The average molecular weight is 239 g/mol. The summed E-state index contributed by atoms with van der Waals surface area (Å²) in [4.78, 5) is 2.59. The van der Waals surface area contributed by atoms with Gasteiger partial charge in [0, 0.05) is 6.04 Å². The van der Waals surface area contributed by atoms with Crippen LogP contribution in [0.25, 0.3) is 10.8 Å². The van der Waals surface area contributed by atoms with Crippen LogP contribution in [0.3, 0.4) is 0 Å². The average Bonchev–Trinajstić information content (AvgIpc) is 2.84. The maximum atomic E-state index is 2.59. The minimum Gasteiger partial charge on any atom is -0.300 e. The zero-order valence-corrected chi connectivity index (χ0v) is 11.3. The van der Waals surface area contributed by atoms with Gasteiger partial charge in [-0.2, -0.15) is 0 Å². The van der Waals surface area contributed by atoms with Crippen molar-refractivity contribution in [2.75, 3.05) is 13.1 Å². The molecule has 0 bridgehead atoms. The molecule has 0 saturated carbocycles. The van der Waals surface area contributed by atoms with Gasteiger partial charge in [0.1, 0.15) is 0 Å². The van der Waals surface area contributed by atoms with Gasteiger partial charge in [0.15, 0.2) is 0 Å². The predicted molar refractivity (Wildman–Crippen MR) is 78.1 cm³/mol. The molecule has 0 heterocycles. The summed E-state index contributed by atoms with van der Waals surface area (Å²) in [6.45, 7) is 6.86. The van der Waals surface area contributed by atoms with E-state index in [1.54, 1.807) is 11.1 Å². The Balaban J connectivity index is 2.00. The summed E-state index contributed by atoms with van der Waals surface area (Å²) in [5.41, 5.74) is 3.15. The molecule has 0 saturated heterocycles. The second-order valence-electron chi connectivity index (χ2n) is 5.21. The molecule has 1 nitrogen and oxygen atoms in total. The third-order valence-corrected chi connectivity index (χ3v) is 4.36. The number of hydrogen-bond donors (Lipinski definition) is 0. The van der Waals surface area contributed by atoms with Crippen molar-refractivity contribution in [3.05, 3.63) is 47.5 Å². The Morgan fingerprint density at radius 3 is 2.56 bits per heavy atom. The van der Waals surface area contributed by atoms with E-state index in [-0.39, 0.29) is 0 Å². The predicted octanol–water partition coefficient (Wildman–Crippen LogP) is 3.65. The number of likely N-dealkylation sites (N-methyl/N-ethyl adjacent to an activating group) is 1. The van der Waals surface area contributed by atoms with Crippen LogP contribution >= 0.6 is 0 Å². The van der Waals surface area contributed by atoms with E-state index >= 15 is 0 Å². The van der Waals surface area contributed by atoms with Crippen LogP contribution in [0.4, 0.5) is 0 Å². The molecule has 3 rings (SSSR count). The molecule has 1 aliphatic carbocycles. The minimum absolute atomic E-state index is 0.709. The van der Waals surface area contributed by atoms with Gasteiger partial charge in [-0.25, -0.2) is 0 Å². The van der Waals surface area contributed by atoms with Crippen LogP contribution in [0.5, 0.6) is 0 Å². The topological polar surface area (TPSA) is 3.24 Å². The lowest BCUT2D eigenvalue weighted by molar-refractivity contribution is 0.223. The van der Waals surface area contributed by atoms with E-state index in [9.17, 15) is 0 Å². The van der Waals surface area contributed by atoms with E-state index < -0.39 is 0 Å². The maximum absolute atomic E-state index is 2.59. The van der Waals surface area contributed by atoms with Crippen LogP contribution in [0, 0.1) is 0 Å². The molecule has 2 aromatic rings. The summed E-state index contributed by atoms with van der Waals surface area (Å²) in [5.74, 6) is 0. The van der Waals surface area contributed by atoms with Crippen molar-refractivity contribution in [1.82, 2.24) is 4.90 Å². The Morgan fingerprint density at radius 1 is 1.00 bits per heavy atom. The number of hydrogen-bond acceptors (Lipinski definition) is 1. The third kappa shape index (κ3) is 1.83. The summed E-state index contributed by atoms with van der Waals surface area (Å²) in [7, 11) is 0. The minimum atomic E-state index is 0.709. The quantitative estimate of drug-likeness (QED) is 0.790. The van der Waals surface area contributed by atoms with Crippen LogP contribution in [0.1, 0.15) is 25.0 Å². The van der Waals surface area contributed by atoms with Crippen LogP contribution < -0.4 is 0 Å². The Morgan fingerprint density at radius 2 is 1.78 bits per heavy atom. The first-order valence-corrected chi connectivity index (χ1v) is 7.07. The van der Waals surface area contributed by atoms with E-state index in [1.165, 1.54) is 23.6 Å². The first-order chi connectivity index (χ1) is 8.83. The highest BCUT2D eigenvalue weighted by atomic mass is 15.1. The van der Waals surface area contributed by atoms with Gasteiger partial charge in [-0.15, -0.1) is 0 Å². The highest BCUT2D eigenvalue weighted by Crippen LogP contribution is 2.31. The molecular weight excluding hydrogens is 218 g/mol. The Labute approximate surface area is 109 Å². The Hall–Kier alpha value is -1.34. The van der Waals surface area contributed by atoms with Crippen molar-refractivity contribution in [2.24, 2.45) is 0 Å². The van der Waals surface area contributed by atoms with Crippen molar-refractivity contribution in [2.45, 2.75) is 32.7 Å². The van der Waals surface area contributed by atoms with Gasteiger partial charge >= 0.3 is 0 Å². The summed E-state index contributed by atoms with van der Waals surface area (Å²) >= 11 is 0. The van der Waals surface area contributed by atoms with E-state index in [0.29, 0.717) is 6.04 Å². The summed E-state index contributed by atoms with van der Waals surface area (Å²) in [6, 6.07) is 14.1. The highest BCUT2D eigenvalue weighted by Gasteiger charge is 2.26. The van der Waals surface area contributed by atoms with E-state index in [2.05, 4.69) is 55.1 Å². The first kappa shape index (κ1) is 11.7. The molecule has 94 valence electrons. The van der Waals surface area contributed by atoms with Gasteiger partial charge in [0.05, 0.1) is 0 Å². The van der Waals surface area contributed by atoms with Crippen LogP contribution in [0.15, 0.2) is 36.4 Å². The normalized spacial score (nSPS) is 18.5. The monoisotopic (exact) mass is 239 g/mol. The molecule has 2 aromatic carbocycles. The van der Waals surface area contributed by atoms with Gasteiger partial charge in [-0.1, -0.05) is 50.2 Å². The largest absolute Gasteiger partial charge is 0.300 e. The zero-order valence-electron chi connectivity index (χ0n) is 11.3. The van der Waals surface area contributed by atoms with Crippen molar-refractivity contribution in [1.29, 1.82) is 0 Å². The highest BCUT2D eigenvalue weighted by molar-refractivity contribution is 5.87. The first-order valence-electron chi connectivity index (χ1n) is 7.07. The fourth-order valence-electron chi connectivity index (χ4n) is 3.37. The van der Waals surface area contributed by atoms with Gasteiger partial charge < -0.3 is 4.90 Å².